The van der Waals surface area contributed by atoms with Crippen molar-refractivity contribution < 1.29 is 9.53 Å². The summed E-state index contributed by atoms with van der Waals surface area (Å²) in [5, 5.41) is 2.03. The van der Waals surface area contributed by atoms with Crippen molar-refractivity contribution in [1.82, 2.24) is 14.8 Å². The first kappa shape index (κ1) is 20.3. The van der Waals surface area contributed by atoms with Crippen molar-refractivity contribution in [2.75, 3.05) is 26.2 Å². The molecule has 1 aliphatic carbocycles. The lowest BCUT2D eigenvalue weighted by molar-refractivity contribution is -0.172. The Kier molecular flexibility index (Phi) is 5.01. The number of hydrogen-bond donors (Lipinski definition) is 1. The highest BCUT2D eigenvalue weighted by Gasteiger charge is 2.46. The molecule has 3 heterocycles. The molecular formula is C26H28ClN3O2. The molecule has 166 valence electrons. The van der Waals surface area contributed by atoms with E-state index in [1.165, 1.54) is 5.39 Å². The molecule has 1 N–H and O–H groups in total. The van der Waals surface area contributed by atoms with Crippen molar-refractivity contribution >= 4 is 28.4 Å². The maximum absolute atomic E-state index is 12.2. The molecule has 3 fully saturated rings. The van der Waals surface area contributed by atoms with Gasteiger partial charge in [-0.25, -0.2) is 0 Å². The third-order valence-corrected chi connectivity index (χ3v) is 7.72. The van der Waals surface area contributed by atoms with Crippen LogP contribution in [0.2, 0.25) is 5.02 Å². The van der Waals surface area contributed by atoms with Gasteiger partial charge in [0.05, 0.1) is 12.1 Å². The fourth-order valence-electron chi connectivity index (χ4n) is 5.21. The van der Waals surface area contributed by atoms with Crippen LogP contribution in [-0.2, 0) is 16.1 Å². The Morgan fingerprint density at radius 1 is 1.06 bits per heavy atom. The lowest BCUT2D eigenvalue weighted by Gasteiger charge is -2.47. The molecule has 1 amide bonds. The fourth-order valence-corrected chi connectivity index (χ4v) is 5.45. The van der Waals surface area contributed by atoms with E-state index >= 15 is 0 Å². The monoisotopic (exact) mass is 449 g/mol. The molecule has 0 unspecified atom stereocenters. The standard InChI is InChI=1S/C26H28ClN3O2/c27-23-13-19(20-2-1-18-7-10-28-24(18)14-20)3-4-21(23)15-29-11-8-26(9-12-29)17-30(22-5-6-22)25(31)16-32-26/h1-4,7,10,13-14,22,28H,5-6,8-9,11-12,15-17H2. The number of aromatic amines is 1. The van der Waals surface area contributed by atoms with Gasteiger partial charge in [0.1, 0.15) is 6.61 Å². The largest absolute Gasteiger partial charge is 0.363 e. The number of amides is 1. The topological polar surface area (TPSA) is 48.6 Å². The number of carbonyl (C=O) groups is 1. The van der Waals surface area contributed by atoms with E-state index in [1.807, 2.05) is 6.20 Å². The van der Waals surface area contributed by atoms with Gasteiger partial charge in [0.15, 0.2) is 0 Å². The Hall–Kier alpha value is -2.34. The second-order valence-electron chi connectivity index (χ2n) is 9.59. The normalized spacial score (nSPS) is 21.5. The second kappa shape index (κ2) is 7.91. The molecule has 3 aliphatic rings. The van der Waals surface area contributed by atoms with Crippen LogP contribution in [0.4, 0.5) is 0 Å². The molecule has 32 heavy (non-hydrogen) atoms. The van der Waals surface area contributed by atoms with E-state index in [1.54, 1.807) is 0 Å². The van der Waals surface area contributed by atoms with Gasteiger partial charge >= 0.3 is 0 Å². The average Bonchev–Trinajstić information content (AvgIpc) is 3.55. The molecule has 0 radical (unpaired) electrons. The van der Waals surface area contributed by atoms with Gasteiger partial charge in [-0.2, -0.15) is 0 Å². The summed E-state index contributed by atoms with van der Waals surface area (Å²) in [5.41, 5.74) is 4.44. The van der Waals surface area contributed by atoms with E-state index < -0.39 is 0 Å². The summed E-state index contributed by atoms with van der Waals surface area (Å²) in [5.74, 6) is 0.169. The van der Waals surface area contributed by atoms with Crippen LogP contribution in [0.25, 0.3) is 22.0 Å². The van der Waals surface area contributed by atoms with Crippen LogP contribution in [0.1, 0.15) is 31.2 Å². The molecule has 2 aliphatic heterocycles. The molecule has 5 nitrogen and oxygen atoms in total. The Bertz CT molecular complexity index is 1160. The lowest BCUT2D eigenvalue weighted by atomic mass is 9.89. The van der Waals surface area contributed by atoms with Gasteiger partial charge in [0.25, 0.3) is 0 Å². The van der Waals surface area contributed by atoms with Gasteiger partial charge in [-0.3, -0.25) is 9.69 Å². The van der Waals surface area contributed by atoms with E-state index in [-0.39, 0.29) is 18.1 Å². The molecule has 2 saturated heterocycles. The van der Waals surface area contributed by atoms with Crippen molar-refractivity contribution in [3.63, 3.8) is 0 Å². The van der Waals surface area contributed by atoms with Crippen molar-refractivity contribution in [2.24, 2.45) is 0 Å². The number of morpholine rings is 1. The van der Waals surface area contributed by atoms with Crippen molar-refractivity contribution in [3.05, 3.63) is 59.2 Å². The summed E-state index contributed by atoms with van der Waals surface area (Å²) >= 11 is 6.71. The minimum absolute atomic E-state index is 0.156. The number of nitrogens with zero attached hydrogens (tertiary/aromatic N) is 2. The highest BCUT2D eigenvalue weighted by atomic mass is 35.5. The van der Waals surface area contributed by atoms with Gasteiger partial charge in [-0.1, -0.05) is 35.9 Å². The third-order valence-electron chi connectivity index (χ3n) is 7.37. The van der Waals surface area contributed by atoms with Gasteiger partial charge in [-0.05, 0) is 66.0 Å². The van der Waals surface area contributed by atoms with E-state index in [0.29, 0.717) is 6.04 Å². The minimum atomic E-state index is -0.156. The first-order chi connectivity index (χ1) is 15.6. The molecule has 2 aromatic carbocycles. The zero-order valence-corrected chi connectivity index (χ0v) is 18.9. The molecule has 1 spiro atoms. The van der Waals surface area contributed by atoms with Gasteiger partial charge in [0.2, 0.25) is 5.91 Å². The Balaban J connectivity index is 1.11. The molecule has 0 bridgehead atoms. The molecule has 6 rings (SSSR count). The first-order valence-corrected chi connectivity index (χ1v) is 12.0. The summed E-state index contributed by atoms with van der Waals surface area (Å²) in [6.45, 7) is 3.79. The van der Waals surface area contributed by atoms with Crippen LogP contribution in [0, 0.1) is 0 Å². The van der Waals surface area contributed by atoms with E-state index in [4.69, 9.17) is 16.3 Å². The smallest absolute Gasteiger partial charge is 0.248 e. The second-order valence-corrected chi connectivity index (χ2v) is 9.99. The zero-order chi connectivity index (χ0) is 21.7. The highest BCUT2D eigenvalue weighted by Crippen LogP contribution is 2.37. The number of benzene rings is 2. The summed E-state index contributed by atoms with van der Waals surface area (Å²) < 4.78 is 6.09. The van der Waals surface area contributed by atoms with Crippen LogP contribution in [0.5, 0.6) is 0 Å². The highest BCUT2D eigenvalue weighted by molar-refractivity contribution is 6.31. The van der Waals surface area contributed by atoms with Gasteiger partial charge in [-0.15, -0.1) is 0 Å². The Morgan fingerprint density at radius 2 is 1.84 bits per heavy atom. The van der Waals surface area contributed by atoms with Crippen molar-refractivity contribution in [1.29, 1.82) is 0 Å². The number of ether oxygens (including phenoxy) is 1. The van der Waals surface area contributed by atoms with Crippen LogP contribution in [0.3, 0.4) is 0 Å². The summed E-state index contributed by atoms with van der Waals surface area (Å²) in [6, 6.07) is 15.4. The zero-order valence-electron chi connectivity index (χ0n) is 18.1. The quantitative estimate of drug-likeness (QED) is 0.619. The van der Waals surface area contributed by atoms with Crippen molar-refractivity contribution in [2.45, 2.75) is 43.9 Å². The fraction of sp³-hybridized carbons (Fsp3) is 0.423. The number of rotatable bonds is 4. The summed E-state index contributed by atoms with van der Waals surface area (Å²) in [4.78, 5) is 20.0. The van der Waals surface area contributed by atoms with Crippen LogP contribution < -0.4 is 0 Å². The number of carbonyl (C=O) groups excluding carboxylic acids is 1. The predicted octanol–water partition coefficient (Wildman–Crippen LogP) is 4.84. The SMILES string of the molecule is O=C1COC2(CCN(Cc3ccc(-c4ccc5cc[nH]c5c4)cc3Cl)CC2)CN1C1CC1. The summed E-state index contributed by atoms with van der Waals surface area (Å²) in [7, 11) is 0. The molecule has 1 aromatic heterocycles. The Morgan fingerprint density at radius 3 is 2.62 bits per heavy atom. The van der Waals surface area contributed by atoms with E-state index in [0.717, 1.165) is 79.1 Å². The van der Waals surface area contributed by atoms with Gasteiger partial charge in [0, 0.05) is 42.4 Å². The Labute approximate surface area is 193 Å². The van der Waals surface area contributed by atoms with Crippen LogP contribution in [0.15, 0.2) is 48.7 Å². The van der Waals surface area contributed by atoms with Gasteiger partial charge < -0.3 is 14.6 Å². The van der Waals surface area contributed by atoms with Crippen LogP contribution in [-0.4, -0.2) is 58.6 Å². The number of piperidine rings is 1. The third kappa shape index (κ3) is 3.83. The minimum Gasteiger partial charge on any atom is -0.363 e. The molecule has 0 atom stereocenters. The maximum atomic E-state index is 12.2. The van der Waals surface area contributed by atoms with Crippen LogP contribution >= 0.6 is 11.6 Å². The predicted molar refractivity (Wildman–Crippen MR) is 127 cm³/mol. The lowest BCUT2D eigenvalue weighted by Crippen LogP contribution is -2.59. The number of aromatic nitrogens is 1. The molecular weight excluding hydrogens is 422 g/mol. The van der Waals surface area contributed by atoms with Crippen molar-refractivity contribution in [3.8, 4) is 11.1 Å². The number of nitrogens with one attached hydrogen (secondary N) is 1. The van der Waals surface area contributed by atoms with E-state index in [9.17, 15) is 4.79 Å². The summed E-state index contributed by atoms with van der Waals surface area (Å²) in [6.07, 6.45) is 6.21. The maximum Gasteiger partial charge on any atom is 0.248 e. The number of halogens is 1. The number of likely N-dealkylation sites (tertiary alicyclic amines) is 1. The number of H-pyrrole nitrogens is 1. The van der Waals surface area contributed by atoms with E-state index in [2.05, 4.69) is 57.2 Å². The first-order valence-electron chi connectivity index (χ1n) is 11.6. The average molecular weight is 450 g/mol. The molecule has 3 aromatic rings. The molecule has 1 saturated carbocycles. The number of hydrogen-bond acceptors (Lipinski definition) is 3. The molecule has 6 heteroatoms. The number of fused-ring (bicyclic) bond motifs is 1.